The molecule has 1 saturated heterocycles. The van der Waals surface area contributed by atoms with Crippen LogP contribution in [0, 0.1) is 5.92 Å². The summed E-state index contributed by atoms with van der Waals surface area (Å²) in [6.07, 6.45) is 1.04. The Hall–Kier alpha value is -2.88. The highest BCUT2D eigenvalue weighted by molar-refractivity contribution is 8.77. The number of benzene rings is 2. The van der Waals surface area contributed by atoms with Crippen molar-refractivity contribution in [1.29, 1.82) is 0 Å². The van der Waals surface area contributed by atoms with Gasteiger partial charge in [0.1, 0.15) is 36.0 Å². The van der Waals surface area contributed by atoms with E-state index in [0.717, 1.165) is 38.8 Å². The number of fused-ring (bicyclic) bond motifs is 1. The van der Waals surface area contributed by atoms with Crippen molar-refractivity contribution in [3.05, 3.63) is 66.1 Å². The number of carboxylic acids is 1. The highest BCUT2D eigenvalue weighted by Gasteiger charge is 2.54. The minimum atomic E-state index is -1.98. The second-order valence-corrected chi connectivity index (χ2v) is 16.3. The molecule has 3 aromatic rings. The van der Waals surface area contributed by atoms with Gasteiger partial charge in [-0.15, -0.1) is 11.3 Å². The average molecular weight is 747 g/mol. The first-order valence-corrected chi connectivity index (χ1v) is 18.0. The number of β-lactam (4-membered cyclic amide) rings is 1. The number of hydrogen-bond donors (Lipinski definition) is 2. The van der Waals surface area contributed by atoms with Crippen LogP contribution in [0.4, 0.5) is 0 Å². The number of ether oxygens (including phenoxy) is 3. The number of hydrogen-bond acceptors (Lipinski definition) is 11. The fourth-order valence-corrected chi connectivity index (χ4v) is 8.28. The van der Waals surface area contributed by atoms with Crippen LogP contribution in [0.1, 0.15) is 19.3 Å². The van der Waals surface area contributed by atoms with Crippen LogP contribution in [0.5, 0.6) is 5.75 Å². The Bertz CT molecular complexity index is 1600. The topological polar surface area (TPSA) is 144 Å². The standard InChI is InChI=1S/C29H26Cl3N3O8S3/c30-29(31,32)15-43-27(40)24(19(12-22(37)38)42-13-16-10-11-16)35-25(39)23(34-21(36)14-41-17-6-2-1-3-7-17)26(35)45-46-28-33-18-8-4-5-9-20(18)44-28/h1-9,16,23,26H,10-15H2,(H,34,36)(H,37,38). The molecule has 2 unspecified atom stereocenters. The molecule has 1 aliphatic heterocycles. The Balaban J connectivity index is 1.43. The summed E-state index contributed by atoms with van der Waals surface area (Å²) in [4.78, 5) is 57.7. The number of aromatic nitrogens is 1. The van der Waals surface area contributed by atoms with Crippen molar-refractivity contribution >= 4 is 102 Å². The first-order chi connectivity index (χ1) is 22.0. The van der Waals surface area contributed by atoms with Crippen molar-refractivity contribution in [2.24, 2.45) is 5.92 Å². The number of alkyl halides is 3. The van der Waals surface area contributed by atoms with Crippen LogP contribution in [0.2, 0.25) is 0 Å². The van der Waals surface area contributed by atoms with E-state index in [1.54, 1.807) is 30.3 Å². The van der Waals surface area contributed by atoms with Crippen molar-refractivity contribution in [1.82, 2.24) is 15.2 Å². The van der Waals surface area contributed by atoms with E-state index in [9.17, 15) is 24.3 Å². The van der Waals surface area contributed by atoms with E-state index in [2.05, 4.69) is 10.3 Å². The molecule has 2 amide bonds. The van der Waals surface area contributed by atoms with Crippen LogP contribution in [-0.2, 0) is 28.7 Å². The molecule has 0 spiro atoms. The van der Waals surface area contributed by atoms with Gasteiger partial charge in [-0.2, -0.15) is 0 Å². The van der Waals surface area contributed by atoms with E-state index < -0.39 is 57.7 Å². The summed E-state index contributed by atoms with van der Waals surface area (Å²) in [5, 5.41) is 11.4. The van der Waals surface area contributed by atoms with Gasteiger partial charge in [-0.25, -0.2) is 9.78 Å². The van der Waals surface area contributed by atoms with Gasteiger partial charge < -0.3 is 24.6 Å². The number of carbonyl (C=O) groups is 4. The summed E-state index contributed by atoms with van der Waals surface area (Å²) in [5.74, 6) is -3.35. The van der Waals surface area contributed by atoms with Crippen molar-refractivity contribution in [2.45, 2.75) is 38.8 Å². The summed E-state index contributed by atoms with van der Waals surface area (Å²) in [7, 11) is 2.37. The molecule has 1 saturated carbocycles. The van der Waals surface area contributed by atoms with Crippen molar-refractivity contribution in [3.63, 3.8) is 0 Å². The minimum Gasteiger partial charge on any atom is -0.495 e. The molecule has 2 atom stereocenters. The summed E-state index contributed by atoms with van der Waals surface area (Å²) in [5.41, 5.74) is 0.337. The van der Waals surface area contributed by atoms with E-state index in [4.69, 9.17) is 49.0 Å². The lowest BCUT2D eigenvalue weighted by molar-refractivity contribution is -0.153. The van der Waals surface area contributed by atoms with E-state index in [1.807, 2.05) is 24.3 Å². The number of thiazole rings is 1. The Morgan fingerprint density at radius 1 is 1.07 bits per heavy atom. The molecule has 0 radical (unpaired) electrons. The molecular weight excluding hydrogens is 721 g/mol. The molecule has 2 aliphatic rings. The highest BCUT2D eigenvalue weighted by atomic mass is 35.6. The van der Waals surface area contributed by atoms with Crippen LogP contribution in [0.25, 0.3) is 10.2 Å². The molecule has 2 aromatic carbocycles. The molecule has 1 aliphatic carbocycles. The predicted octanol–water partition coefficient (Wildman–Crippen LogP) is 5.80. The number of esters is 1. The molecule has 0 bridgehead atoms. The van der Waals surface area contributed by atoms with Crippen LogP contribution in [-0.4, -0.2) is 73.8 Å². The lowest BCUT2D eigenvalue weighted by atomic mass is 10.0. The first-order valence-electron chi connectivity index (χ1n) is 13.8. The third-order valence-corrected chi connectivity index (χ3v) is 10.9. The predicted molar refractivity (Wildman–Crippen MR) is 177 cm³/mol. The number of para-hydroxylation sites is 2. The van der Waals surface area contributed by atoms with Gasteiger partial charge in [0.25, 0.3) is 11.8 Å². The van der Waals surface area contributed by atoms with Gasteiger partial charge in [0, 0.05) is 0 Å². The summed E-state index contributed by atoms with van der Waals surface area (Å²) < 4.78 is 16.2. The fourth-order valence-electron chi connectivity index (χ4n) is 4.20. The number of carboxylic acid groups (broad SMARTS) is 1. The number of aliphatic carboxylic acids is 1. The van der Waals surface area contributed by atoms with Gasteiger partial charge in [0.05, 0.1) is 16.8 Å². The molecular formula is C29H26Cl3N3O8S3. The van der Waals surface area contributed by atoms with E-state index in [0.29, 0.717) is 10.1 Å². The first kappa shape index (κ1) is 34.5. The lowest BCUT2D eigenvalue weighted by Crippen LogP contribution is -2.69. The van der Waals surface area contributed by atoms with E-state index >= 15 is 0 Å². The van der Waals surface area contributed by atoms with E-state index in [-0.39, 0.29) is 24.9 Å². The van der Waals surface area contributed by atoms with Crippen LogP contribution in [0.15, 0.2) is 70.4 Å². The maximum atomic E-state index is 13.7. The smallest absolute Gasteiger partial charge is 0.358 e. The van der Waals surface area contributed by atoms with Gasteiger partial charge in [0.2, 0.25) is 3.79 Å². The highest BCUT2D eigenvalue weighted by Crippen LogP contribution is 2.46. The van der Waals surface area contributed by atoms with Crippen molar-refractivity contribution in [2.75, 3.05) is 19.8 Å². The van der Waals surface area contributed by atoms with Crippen molar-refractivity contribution in [3.8, 4) is 5.75 Å². The maximum Gasteiger partial charge on any atom is 0.358 e. The molecule has 46 heavy (non-hydrogen) atoms. The largest absolute Gasteiger partial charge is 0.495 e. The minimum absolute atomic E-state index is 0.140. The zero-order valence-electron chi connectivity index (χ0n) is 23.7. The average Bonchev–Trinajstić information content (AvgIpc) is 3.76. The quantitative estimate of drug-likeness (QED) is 0.0487. The van der Waals surface area contributed by atoms with Gasteiger partial charge in [-0.3, -0.25) is 19.3 Å². The van der Waals surface area contributed by atoms with Gasteiger partial charge in [-0.1, -0.05) is 75.9 Å². The summed E-state index contributed by atoms with van der Waals surface area (Å²) >= 11 is 18.8. The number of amides is 2. The molecule has 11 nitrogen and oxygen atoms in total. The maximum absolute atomic E-state index is 13.7. The molecule has 5 rings (SSSR count). The zero-order valence-corrected chi connectivity index (χ0v) is 28.4. The van der Waals surface area contributed by atoms with Crippen LogP contribution >= 0.6 is 67.7 Å². The third-order valence-electron chi connectivity index (χ3n) is 6.53. The lowest BCUT2D eigenvalue weighted by Gasteiger charge is -2.46. The molecule has 2 N–H and O–H groups in total. The molecule has 1 aromatic heterocycles. The van der Waals surface area contributed by atoms with Gasteiger partial charge in [-0.05, 0) is 53.8 Å². The number of nitrogens with one attached hydrogen (secondary N) is 1. The number of likely N-dealkylation sites (tertiary alicyclic amines) is 1. The Morgan fingerprint density at radius 3 is 2.46 bits per heavy atom. The molecule has 244 valence electrons. The number of carbonyl (C=O) groups excluding carboxylic acids is 3. The molecule has 2 fully saturated rings. The van der Waals surface area contributed by atoms with Gasteiger partial charge in [0.15, 0.2) is 16.6 Å². The Morgan fingerprint density at radius 2 is 1.78 bits per heavy atom. The van der Waals surface area contributed by atoms with Gasteiger partial charge >= 0.3 is 11.9 Å². The second kappa shape index (κ2) is 15.3. The molecule has 17 heteroatoms. The van der Waals surface area contributed by atoms with Crippen LogP contribution < -0.4 is 10.1 Å². The summed E-state index contributed by atoms with van der Waals surface area (Å²) in [6.45, 7) is -0.916. The SMILES string of the molecule is O=C(O)CC(OCC1CC1)=C(C(=O)OCC(Cl)(Cl)Cl)N1C(=O)C(NC(=O)COc2ccccc2)C1SSc1nc2ccccc2s1. The monoisotopic (exact) mass is 745 g/mol. The number of rotatable bonds is 15. The number of halogens is 3. The Labute approximate surface area is 290 Å². The second-order valence-electron chi connectivity index (χ2n) is 10.2. The molecule has 2 heterocycles. The summed E-state index contributed by atoms with van der Waals surface area (Å²) in [6, 6.07) is 15.1. The fraction of sp³-hybridized carbons (Fsp3) is 0.345. The number of nitrogens with zero attached hydrogens (tertiary/aromatic N) is 2. The van der Waals surface area contributed by atoms with E-state index in [1.165, 1.54) is 22.1 Å². The normalized spacial score (nSPS) is 18.4. The van der Waals surface area contributed by atoms with Crippen LogP contribution in [0.3, 0.4) is 0 Å². The third kappa shape index (κ3) is 9.35. The Kier molecular flexibility index (Phi) is 11.5. The zero-order chi connectivity index (χ0) is 32.8. The van der Waals surface area contributed by atoms with Crippen molar-refractivity contribution < 1.29 is 38.5 Å².